The molecule has 2 heterocycles. The van der Waals surface area contributed by atoms with Crippen LogP contribution in [0.25, 0.3) is 0 Å². The van der Waals surface area contributed by atoms with Gasteiger partial charge in [-0.15, -0.1) is 23.7 Å². The Bertz CT molecular complexity index is 504. The van der Waals surface area contributed by atoms with E-state index >= 15 is 0 Å². The third kappa shape index (κ3) is 2.99. The van der Waals surface area contributed by atoms with Crippen molar-refractivity contribution in [1.29, 1.82) is 0 Å². The van der Waals surface area contributed by atoms with Gasteiger partial charge >= 0.3 is 0 Å². The molecule has 1 aliphatic heterocycles. The zero-order chi connectivity index (χ0) is 14.2. The van der Waals surface area contributed by atoms with Crippen LogP contribution in [0.4, 0.5) is 0 Å². The number of rotatable bonds is 3. The fourth-order valence-corrected chi connectivity index (χ4v) is 4.86. The molecule has 1 N–H and O–H groups in total. The van der Waals surface area contributed by atoms with E-state index in [1.54, 1.807) is 11.3 Å². The first-order valence-electron chi connectivity index (χ1n) is 7.63. The maximum Gasteiger partial charge on any atom is 0.230 e. The molecular formula is C16H25ClN2OS. The van der Waals surface area contributed by atoms with E-state index in [-0.39, 0.29) is 17.8 Å². The largest absolute Gasteiger partial charge is 0.340 e. The predicted octanol–water partition coefficient (Wildman–Crippen LogP) is 3.22. The van der Waals surface area contributed by atoms with E-state index in [0.717, 1.165) is 26.1 Å². The number of hydrogen-bond acceptors (Lipinski definition) is 3. The van der Waals surface area contributed by atoms with Gasteiger partial charge < -0.3 is 10.2 Å². The topological polar surface area (TPSA) is 32.3 Å². The molecule has 0 radical (unpaired) electrons. The first-order valence-corrected chi connectivity index (χ1v) is 8.51. The van der Waals surface area contributed by atoms with Crippen LogP contribution in [0.1, 0.15) is 36.1 Å². The van der Waals surface area contributed by atoms with Crippen LogP contribution in [0.5, 0.6) is 0 Å². The van der Waals surface area contributed by atoms with Crippen molar-refractivity contribution >= 4 is 29.7 Å². The molecule has 2 aliphatic rings. The molecule has 1 aromatic heterocycles. The van der Waals surface area contributed by atoms with E-state index in [2.05, 4.69) is 23.7 Å². The molecular weight excluding hydrogens is 304 g/mol. The standard InChI is InChI=1S/C16H24N2OS.ClH/c1-12-6-8-20-14(12)10-18(2)15(19)16-7-4-3-5-13(16)9-17-11-16;/h6,8,13,17H,3-5,7,9-11H2,1-2H3;1H/t13-,16+;/m0./s1. The summed E-state index contributed by atoms with van der Waals surface area (Å²) in [5.74, 6) is 0.913. The average molecular weight is 329 g/mol. The Kier molecular flexibility index (Phi) is 5.33. The second kappa shape index (κ2) is 6.67. The molecule has 0 spiro atoms. The number of carbonyl (C=O) groups excluding carboxylic acids is 1. The van der Waals surface area contributed by atoms with E-state index < -0.39 is 0 Å². The maximum absolute atomic E-state index is 13.0. The van der Waals surface area contributed by atoms with Crippen LogP contribution in [-0.2, 0) is 11.3 Å². The molecule has 1 amide bonds. The van der Waals surface area contributed by atoms with Crippen molar-refractivity contribution in [2.24, 2.45) is 11.3 Å². The van der Waals surface area contributed by atoms with Gasteiger partial charge in [-0.1, -0.05) is 12.8 Å². The zero-order valence-corrected chi connectivity index (χ0v) is 14.5. The minimum absolute atomic E-state index is 0. The lowest BCUT2D eigenvalue weighted by atomic mass is 9.67. The highest BCUT2D eigenvalue weighted by molar-refractivity contribution is 7.10. The van der Waals surface area contributed by atoms with Gasteiger partial charge in [-0.25, -0.2) is 0 Å². The lowest BCUT2D eigenvalue weighted by Crippen LogP contribution is -2.48. The average Bonchev–Trinajstić information content (AvgIpc) is 3.05. The molecule has 3 nitrogen and oxygen atoms in total. The van der Waals surface area contributed by atoms with Crippen LogP contribution >= 0.6 is 23.7 Å². The molecule has 1 aliphatic carbocycles. The minimum Gasteiger partial charge on any atom is -0.340 e. The smallest absolute Gasteiger partial charge is 0.230 e. The van der Waals surface area contributed by atoms with Crippen molar-refractivity contribution in [3.63, 3.8) is 0 Å². The van der Waals surface area contributed by atoms with Crippen molar-refractivity contribution in [3.8, 4) is 0 Å². The summed E-state index contributed by atoms with van der Waals surface area (Å²) in [6.45, 7) is 4.79. The quantitative estimate of drug-likeness (QED) is 0.924. The number of carbonyl (C=O) groups is 1. The summed E-state index contributed by atoms with van der Waals surface area (Å²) in [5, 5.41) is 5.58. The van der Waals surface area contributed by atoms with Gasteiger partial charge in [-0.05, 0) is 49.2 Å². The summed E-state index contributed by atoms with van der Waals surface area (Å²) in [6, 6.07) is 2.14. The summed E-state index contributed by atoms with van der Waals surface area (Å²) in [4.78, 5) is 16.3. The van der Waals surface area contributed by atoms with Crippen LogP contribution in [0.3, 0.4) is 0 Å². The molecule has 0 bridgehead atoms. The van der Waals surface area contributed by atoms with Crippen molar-refractivity contribution in [2.75, 3.05) is 20.1 Å². The zero-order valence-electron chi connectivity index (χ0n) is 12.9. The van der Waals surface area contributed by atoms with Crippen molar-refractivity contribution < 1.29 is 4.79 Å². The number of fused-ring (bicyclic) bond motifs is 1. The van der Waals surface area contributed by atoms with E-state index in [1.165, 1.54) is 29.7 Å². The molecule has 118 valence electrons. The van der Waals surface area contributed by atoms with Gasteiger partial charge in [0.2, 0.25) is 5.91 Å². The Morgan fingerprint density at radius 3 is 3.05 bits per heavy atom. The van der Waals surface area contributed by atoms with E-state index in [0.29, 0.717) is 11.8 Å². The van der Waals surface area contributed by atoms with Gasteiger partial charge in [0.05, 0.1) is 12.0 Å². The second-order valence-corrected chi connectivity index (χ2v) is 7.42. The molecule has 21 heavy (non-hydrogen) atoms. The molecule has 0 aromatic carbocycles. The Morgan fingerprint density at radius 2 is 2.33 bits per heavy atom. The van der Waals surface area contributed by atoms with Crippen LogP contribution < -0.4 is 5.32 Å². The number of aryl methyl sites for hydroxylation is 1. The number of thiophene rings is 1. The van der Waals surface area contributed by atoms with Crippen molar-refractivity contribution in [3.05, 3.63) is 21.9 Å². The Hall–Kier alpha value is -0.580. The van der Waals surface area contributed by atoms with Gasteiger partial charge in [-0.2, -0.15) is 0 Å². The second-order valence-electron chi connectivity index (χ2n) is 6.42. The first kappa shape index (κ1) is 16.8. The summed E-state index contributed by atoms with van der Waals surface area (Å²) >= 11 is 1.76. The van der Waals surface area contributed by atoms with Gasteiger partial charge in [0, 0.05) is 18.5 Å². The van der Waals surface area contributed by atoms with Crippen LogP contribution in [0.15, 0.2) is 11.4 Å². The highest BCUT2D eigenvalue weighted by Crippen LogP contribution is 2.45. The maximum atomic E-state index is 13.0. The highest BCUT2D eigenvalue weighted by Gasteiger charge is 2.50. The van der Waals surface area contributed by atoms with Crippen LogP contribution in [-0.4, -0.2) is 30.9 Å². The van der Waals surface area contributed by atoms with Gasteiger partial charge in [0.15, 0.2) is 0 Å². The summed E-state index contributed by atoms with van der Waals surface area (Å²) in [7, 11) is 1.97. The van der Waals surface area contributed by atoms with Crippen LogP contribution in [0.2, 0.25) is 0 Å². The number of halogens is 1. The predicted molar refractivity (Wildman–Crippen MR) is 90.0 cm³/mol. The molecule has 1 saturated heterocycles. The molecule has 1 aromatic rings. The third-order valence-corrected chi connectivity index (χ3v) is 6.17. The molecule has 0 unspecified atom stereocenters. The molecule has 1 saturated carbocycles. The molecule has 5 heteroatoms. The van der Waals surface area contributed by atoms with E-state index in [1.807, 2.05) is 11.9 Å². The molecule has 2 atom stereocenters. The van der Waals surface area contributed by atoms with Crippen molar-refractivity contribution in [1.82, 2.24) is 10.2 Å². The fraction of sp³-hybridized carbons (Fsp3) is 0.688. The summed E-state index contributed by atoms with van der Waals surface area (Å²) in [6.07, 6.45) is 4.77. The van der Waals surface area contributed by atoms with Gasteiger partial charge in [0.1, 0.15) is 0 Å². The number of hydrogen-bond donors (Lipinski definition) is 1. The van der Waals surface area contributed by atoms with Gasteiger partial charge in [0.25, 0.3) is 0 Å². The Labute approximate surface area is 137 Å². The monoisotopic (exact) mass is 328 g/mol. The fourth-order valence-electron chi connectivity index (χ4n) is 3.90. The minimum atomic E-state index is -0.113. The van der Waals surface area contributed by atoms with Crippen LogP contribution in [0, 0.1) is 18.3 Å². The number of nitrogens with one attached hydrogen (secondary N) is 1. The third-order valence-electron chi connectivity index (χ3n) is 5.16. The SMILES string of the molecule is Cc1ccsc1CN(C)C(=O)[C@@]12CCCC[C@H]1CNC2.Cl. The number of nitrogens with zero attached hydrogens (tertiary/aromatic N) is 1. The first-order chi connectivity index (χ1) is 9.63. The van der Waals surface area contributed by atoms with E-state index in [4.69, 9.17) is 0 Å². The normalized spacial score (nSPS) is 27.8. The Balaban J connectivity index is 0.00000161. The van der Waals surface area contributed by atoms with Gasteiger partial charge in [-0.3, -0.25) is 4.79 Å². The summed E-state index contributed by atoms with van der Waals surface area (Å²) < 4.78 is 0. The number of amides is 1. The lowest BCUT2D eigenvalue weighted by Gasteiger charge is -2.39. The van der Waals surface area contributed by atoms with E-state index in [9.17, 15) is 4.79 Å². The lowest BCUT2D eigenvalue weighted by molar-refractivity contribution is -0.144. The Morgan fingerprint density at radius 1 is 1.52 bits per heavy atom. The highest BCUT2D eigenvalue weighted by atomic mass is 35.5. The summed E-state index contributed by atoms with van der Waals surface area (Å²) in [5.41, 5.74) is 1.19. The molecule has 3 rings (SSSR count). The molecule has 2 fully saturated rings. The van der Waals surface area contributed by atoms with Crippen molar-refractivity contribution in [2.45, 2.75) is 39.2 Å².